The van der Waals surface area contributed by atoms with Crippen molar-refractivity contribution in [3.8, 4) is 6.07 Å². The van der Waals surface area contributed by atoms with Gasteiger partial charge in [-0.3, -0.25) is 9.69 Å². The second kappa shape index (κ2) is 8.41. The van der Waals surface area contributed by atoms with Crippen molar-refractivity contribution in [2.24, 2.45) is 7.05 Å². The third-order valence-electron chi connectivity index (χ3n) is 6.15. The summed E-state index contributed by atoms with van der Waals surface area (Å²) in [6, 6.07) is 11.6. The van der Waals surface area contributed by atoms with Gasteiger partial charge in [0, 0.05) is 50.4 Å². The van der Waals surface area contributed by atoms with E-state index in [1.807, 2.05) is 6.07 Å². The van der Waals surface area contributed by atoms with Gasteiger partial charge >= 0.3 is 0 Å². The van der Waals surface area contributed by atoms with Gasteiger partial charge in [0.05, 0.1) is 22.8 Å². The molecule has 32 heavy (non-hydrogen) atoms. The molecule has 0 aliphatic carbocycles. The molecule has 162 valence electrons. The normalized spacial score (nSPS) is 19.0. The van der Waals surface area contributed by atoms with E-state index in [-0.39, 0.29) is 29.3 Å². The van der Waals surface area contributed by atoms with E-state index in [0.717, 1.165) is 5.69 Å². The van der Waals surface area contributed by atoms with Crippen LogP contribution in [0.5, 0.6) is 0 Å². The molecule has 3 heterocycles. The average molecular weight is 430 g/mol. The Morgan fingerprint density at radius 1 is 1.22 bits per heavy atom. The van der Waals surface area contributed by atoms with E-state index >= 15 is 0 Å². The fraction of sp³-hybridized carbons (Fsp3) is 0.333. The summed E-state index contributed by atoms with van der Waals surface area (Å²) in [7, 11) is 1.70. The van der Waals surface area contributed by atoms with E-state index in [2.05, 4.69) is 33.5 Å². The molecule has 0 saturated carbocycles. The number of nitrogens with zero attached hydrogens (tertiary/aromatic N) is 6. The molecule has 1 aromatic carbocycles. The lowest BCUT2D eigenvalue weighted by Crippen LogP contribution is -2.56. The molecule has 7 nitrogen and oxygen atoms in total. The number of hydrogen-bond acceptors (Lipinski definition) is 5. The lowest BCUT2D eigenvalue weighted by Gasteiger charge is -2.45. The molecule has 0 N–H and O–H groups in total. The van der Waals surface area contributed by atoms with E-state index in [4.69, 9.17) is 11.8 Å². The Kier molecular flexibility index (Phi) is 5.65. The standard InChI is InChI=1S/C24H23FN6O/c1-15-13-31(16(2)12-30(15)14-18-6-5-17(11-26)9-19(18)25)21-10-23(32)29(4)20-7-8-22(27-3)28-24(20)21/h5-10,15-16H,12-14H2,1-2,4H3/t15-,16+/m1/s1. The third-order valence-corrected chi connectivity index (χ3v) is 6.15. The minimum Gasteiger partial charge on any atom is -0.362 e. The summed E-state index contributed by atoms with van der Waals surface area (Å²) in [6.07, 6.45) is 0. The molecule has 0 unspecified atom stereocenters. The molecule has 0 spiro atoms. The van der Waals surface area contributed by atoms with Crippen LogP contribution >= 0.6 is 0 Å². The first-order valence-electron chi connectivity index (χ1n) is 10.4. The first-order valence-corrected chi connectivity index (χ1v) is 10.4. The number of aromatic nitrogens is 2. The highest BCUT2D eigenvalue weighted by atomic mass is 19.1. The molecule has 1 aliphatic heterocycles. The zero-order valence-corrected chi connectivity index (χ0v) is 18.2. The van der Waals surface area contributed by atoms with Crippen LogP contribution in [-0.2, 0) is 13.6 Å². The number of halogens is 1. The first-order chi connectivity index (χ1) is 15.3. The largest absolute Gasteiger partial charge is 0.362 e. The number of benzene rings is 1. The topological polar surface area (TPSA) is 69.5 Å². The van der Waals surface area contributed by atoms with Gasteiger partial charge in [-0.2, -0.15) is 5.26 Å². The summed E-state index contributed by atoms with van der Waals surface area (Å²) in [6.45, 7) is 13.2. The van der Waals surface area contributed by atoms with Gasteiger partial charge in [-0.1, -0.05) is 12.6 Å². The van der Waals surface area contributed by atoms with Crippen molar-refractivity contribution in [2.45, 2.75) is 32.5 Å². The molecule has 2 atom stereocenters. The van der Waals surface area contributed by atoms with Crippen molar-refractivity contribution in [1.29, 1.82) is 5.26 Å². The second-order valence-corrected chi connectivity index (χ2v) is 8.27. The molecule has 1 fully saturated rings. The molecule has 0 amide bonds. The Bertz CT molecular complexity index is 1340. The molecule has 8 heteroatoms. The fourth-order valence-corrected chi connectivity index (χ4v) is 4.30. The molecular weight excluding hydrogens is 407 g/mol. The van der Waals surface area contributed by atoms with Gasteiger partial charge in [0.25, 0.3) is 11.4 Å². The number of hydrogen-bond donors (Lipinski definition) is 0. The van der Waals surface area contributed by atoms with Crippen LogP contribution in [0.25, 0.3) is 15.9 Å². The maximum atomic E-state index is 14.4. The predicted molar refractivity (Wildman–Crippen MR) is 121 cm³/mol. The van der Waals surface area contributed by atoms with Crippen LogP contribution in [-0.4, -0.2) is 39.6 Å². The van der Waals surface area contributed by atoms with Gasteiger partial charge in [0.1, 0.15) is 5.82 Å². The Labute approximate surface area is 185 Å². The monoisotopic (exact) mass is 430 g/mol. The molecule has 1 aliphatic rings. The van der Waals surface area contributed by atoms with Gasteiger partial charge in [-0.05, 0) is 38.1 Å². The van der Waals surface area contributed by atoms with Crippen molar-refractivity contribution >= 4 is 22.5 Å². The van der Waals surface area contributed by atoms with E-state index in [9.17, 15) is 9.18 Å². The number of nitriles is 1. The van der Waals surface area contributed by atoms with Gasteiger partial charge in [-0.15, -0.1) is 4.98 Å². The molecule has 0 radical (unpaired) electrons. The Morgan fingerprint density at radius 3 is 2.69 bits per heavy atom. The predicted octanol–water partition coefficient (Wildman–Crippen LogP) is 3.59. The SMILES string of the molecule is [C-]#[N+]c1ccc2c(n1)c(N1C[C@@H](C)N(Cc3ccc(C#N)cc3F)C[C@@H]1C)cc(=O)n2C. The van der Waals surface area contributed by atoms with Crippen LogP contribution in [0.3, 0.4) is 0 Å². The lowest BCUT2D eigenvalue weighted by molar-refractivity contribution is 0.156. The van der Waals surface area contributed by atoms with E-state index < -0.39 is 0 Å². The number of piperazine rings is 1. The van der Waals surface area contributed by atoms with E-state index in [1.54, 1.807) is 37.4 Å². The molecule has 2 aromatic heterocycles. The minimum atomic E-state index is -0.375. The van der Waals surface area contributed by atoms with Crippen LogP contribution in [0.4, 0.5) is 15.9 Å². The van der Waals surface area contributed by atoms with E-state index in [0.29, 0.717) is 41.8 Å². The summed E-state index contributed by atoms with van der Waals surface area (Å²) >= 11 is 0. The quantitative estimate of drug-likeness (QED) is 0.594. The van der Waals surface area contributed by atoms with Crippen molar-refractivity contribution in [3.63, 3.8) is 0 Å². The minimum absolute atomic E-state index is 0.0429. The van der Waals surface area contributed by atoms with Crippen LogP contribution in [0.1, 0.15) is 25.0 Å². The van der Waals surface area contributed by atoms with Crippen LogP contribution in [0.15, 0.2) is 41.2 Å². The molecule has 4 rings (SSSR count). The molecular formula is C24H23FN6O. The highest BCUT2D eigenvalue weighted by Gasteiger charge is 2.32. The zero-order chi connectivity index (χ0) is 23.0. The zero-order valence-electron chi connectivity index (χ0n) is 18.2. The molecule has 3 aromatic rings. The maximum Gasteiger partial charge on any atom is 0.270 e. The van der Waals surface area contributed by atoms with Crippen molar-refractivity contribution in [3.05, 3.63) is 75.1 Å². The third kappa shape index (κ3) is 3.81. The van der Waals surface area contributed by atoms with Crippen LogP contribution in [0, 0.1) is 23.7 Å². The van der Waals surface area contributed by atoms with Crippen molar-refractivity contribution < 1.29 is 4.39 Å². The summed E-state index contributed by atoms with van der Waals surface area (Å²) in [4.78, 5) is 24.9. The van der Waals surface area contributed by atoms with Gasteiger partial charge in [-0.25, -0.2) is 4.39 Å². The first kappa shape index (κ1) is 21.5. The summed E-state index contributed by atoms with van der Waals surface area (Å²) in [5, 5.41) is 8.96. The molecule has 0 bridgehead atoms. The van der Waals surface area contributed by atoms with E-state index in [1.165, 1.54) is 10.6 Å². The summed E-state index contributed by atoms with van der Waals surface area (Å²) < 4.78 is 16.0. The van der Waals surface area contributed by atoms with Crippen LogP contribution < -0.4 is 10.5 Å². The number of rotatable bonds is 3. The van der Waals surface area contributed by atoms with Gasteiger partial charge in [0.2, 0.25) is 5.52 Å². The van der Waals surface area contributed by atoms with Crippen molar-refractivity contribution in [2.75, 3.05) is 18.0 Å². The second-order valence-electron chi connectivity index (χ2n) is 8.27. The Hall–Kier alpha value is -3.75. The Balaban J connectivity index is 1.65. The summed E-state index contributed by atoms with van der Waals surface area (Å²) in [5.74, 6) is -0.0900. The van der Waals surface area contributed by atoms with Crippen molar-refractivity contribution in [1.82, 2.24) is 14.5 Å². The Morgan fingerprint density at radius 2 is 2.00 bits per heavy atom. The van der Waals surface area contributed by atoms with Crippen LogP contribution in [0.2, 0.25) is 0 Å². The smallest absolute Gasteiger partial charge is 0.270 e. The average Bonchev–Trinajstić information content (AvgIpc) is 2.79. The van der Waals surface area contributed by atoms with Gasteiger partial charge < -0.3 is 14.3 Å². The summed E-state index contributed by atoms with van der Waals surface area (Å²) in [5.41, 5.74) is 2.76. The molecule has 1 saturated heterocycles. The maximum absolute atomic E-state index is 14.4. The fourth-order valence-electron chi connectivity index (χ4n) is 4.30. The highest BCUT2D eigenvalue weighted by molar-refractivity contribution is 5.89. The number of pyridine rings is 2. The number of anilines is 1. The van der Waals surface area contributed by atoms with Gasteiger partial charge in [0.15, 0.2) is 0 Å². The number of fused-ring (bicyclic) bond motifs is 1. The number of aryl methyl sites for hydroxylation is 1. The highest BCUT2D eigenvalue weighted by Crippen LogP contribution is 2.30. The lowest BCUT2D eigenvalue weighted by atomic mass is 10.0.